The Hall–Kier alpha value is -0.900. The summed E-state index contributed by atoms with van der Waals surface area (Å²) in [7, 11) is 0. The van der Waals surface area contributed by atoms with Gasteiger partial charge in [-0.1, -0.05) is 20.8 Å². The zero-order chi connectivity index (χ0) is 11.0. The highest BCUT2D eigenvalue weighted by molar-refractivity contribution is 5.79. The molecule has 0 bridgehead atoms. The highest BCUT2D eigenvalue weighted by atomic mass is 16.6. The molecule has 0 aromatic heterocycles. The van der Waals surface area contributed by atoms with Gasteiger partial charge in [0.25, 0.3) is 0 Å². The van der Waals surface area contributed by atoms with Crippen LogP contribution in [0.2, 0.25) is 0 Å². The van der Waals surface area contributed by atoms with E-state index < -0.39 is 0 Å². The minimum Gasteiger partial charge on any atom is -0.463 e. The number of hydrogen-bond acceptors (Lipinski definition) is 4. The SMILES string of the molecule is CCC(=O)COCCOC(=O)C(C)C. The van der Waals surface area contributed by atoms with Crippen molar-refractivity contribution in [1.82, 2.24) is 0 Å². The summed E-state index contributed by atoms with van der Waals surface area (Å²) in [5.74, 6) is -0.303. The molecule has 0 unspecified atom stereocenters. The fourth-order valence-corrected chi connectivity index (χ4v) is 0.656. The molecule has 0 fully saturated rings. The van der Waals surface area contributed by atoms with Crippen LogP contribution in [-0.4, -0.2) is 31.6 Å². The molecule has 0 rings (SSSR count). The molecule has 0 aromatic rings. The smallest absolute Gasteiger partial charge is 0.308 e. The molecule has 0 saturated carbocycles. The van der Waals surface area contributed by atoms with E-state index in [1.165, 1.54) is 0 Å². The van der Waals surface area contributed by atoms with Gasteiger partial charge in [0.2, 0.25) is 0 Å². The normalized spacial score (nSPS) is 10.3. The van der Waals surface area contributed by atoms with E-state index in [1.807, 2.05) is 0 Å². The lowest BCUT2D eigenvalue weighted by Crippen LogP contribution is -2.17. The third kappa shape index (κ3) is 6.60. The van der Waals surface area contributed by atoms with Gasteiger partial charge in [-0.3, -0.25) is 9.59 Å². The summed E-state index contributed by atoms with van der Waals surface area (Å²) in [6.45, 7) is 5.92. The van der Waals surface area contributed by atoms with Crippen molar-refractivity contribution < 1.29 is 19.1 Å². The van der Waals surface area contributed by atoms with Gasteiger partial charge in [0.05, 0.1) is 12.5 Å². The number of carbonyl (C=O) groups is 2. The largest absolute Gasteiger partial charge is 0.463 e. The molecular weight excluding hydrogens is 184 g/mol. The highest BCUT2D eigenvalue weighted by Gasteiger charge is 2.07. The monoisotopic (exact) mass is 202 g/mol. The molecule has 0 amide bonds. The number of rotatable bonds is 7. The Balaban J connectivity index is 3.30. The first-order valence-electron chi connectivity index (χ1n) is 4.84. The van der Waals surface area contributed by atoms with E-state index in [2.05, 4.69) is 0 Å². The van der Waals surface area contributed by atoms with E-state index in [9.17, 15) is 9.59 Å². The zero-order valence-corrected chi connectivity index (χ0v) is 9.04. The van der Waals surface area contributed by atoms with Crippen LogP contribution in [0, 0.1) is 5.92 Å². The lowest BCUT2D eigenvalue weighted by Gasteiger charge is -2.06. The Labute approximate surface area is 84.6 Å². The molecule has 82 valence electrons. The van der Waals surface area contributed by atoms with Gasteiger partial charge in [0, 0.05) is 6.42 Å². The summed E-state index contributed by atoms with van der Waals surface area (Å²) in [6, 6.07) is 0. The maximum Gasteiger partial charge on any atom is 0.308 e. The number of ketones is 1. The van der Waals surface area contributed by atoms with Gasteiger partial charge < -0.3 is 9.47 Å². The molecule has 0 radical (unpaired) electrons. The first-order valence-corrected chi connectivity index (χ1v) is 4.84. The molecule has 4 nitrogen and oxygen atoms in total. The maximum atomic E-state index is 11.0. The van der Waals surface area contributed by atoms with Crippen LogP contribution >= 0.6 is 0 Å². The molecule has 0 aliphatic carbocycles. The van der Waals surface area contributed by atoms with Crippen LogP contribution in [0.1, 0.15) is 27.2 Å². The minimum absolute atomic E-state index is 0.0557. The summed E-state index contributed by atoms with van der Waals surface area (Å²) in [5, 5.41) is 0. The van der Waals surface area contributed by atoms with Crippen molar-refractivity contribution in [3.05, 3.63) is 0 Å². The van der Waals surface area contributed by atoms with Crippen LogP contribution in [0.15, 0.2) is 0 Å². The summed E-state index contributed by atoms with van der Waals surface area (Å²) < 4.78 is 9.83. The van der Waals surface area contributed by atoms with Crippen LogP contribution in [0.4, 0.5) is 0 Å². The molecule has 0 aliphatic rings. The second-order valence-electron chi connectivity index (χ2n) is 3.27. The van der Waals surface area contributed by atoms with E-state index in [4.69, 9.17) is 9.47 Å². The second-order valence-corrected chi connectivity index (χ2v) is 3.27. The molecule has 0 saturated heterocycles. The van der Waals surface area contributed by atoms with E-state index in [0.29, 0.717) is 6.42 Å². The van der Waals surface area contributed by atoms with E-state index >= 15 is 0 Å². The van der Waals surface area contributed by atoms with Crippen LogP contribution in [-0.2, 0) is 19.1 Å². The summed E-state index contributed by atoms with van der Waals surface area (Å²) in [5.41, 5.74) is 0. The fraction of sp³-hybridized carbons (Fsp3) is 0.800. The maximum absolute atomic E-state index is 11.0. The van der Waals surface area contributed by atoms with Crippen LogP contribution in [0.5, 0.6) is 0 Å². The van der Waals surface area contributed by atoms with Gasteiger partial charge >= 0.3 is 5.97 Å². The first kappa shape index (κ1) is 13.1. The van der Waals surface area contributed by atoms with Crippen LogP contribution in [0.3, 0.4) is 0 Å². The van der Waals surface area contributed by atoms with Crippen molar-refractivity contribution in [2.45, 2.75) is 27.2 Å². The molecule has 0 aromatic carbocycles. The van der Waals surface area contributed by atoms with Gasteiger partial charge in [0.1, 0.15) is 13.2 Å². The number of ether oxygens (including phenoxy) is 2. The minimum atomic E-state index is -0.240. The third-order valence-electron chi connectivity index (χ3n) is 1.60. The number of carbonyl (C=O) groups excluding carboxylic acids is 2. The lowest BCUT2D eigenvalue weighted by atomic mass is 10.2. The molecule has 0 N–H and O–H groups in total. The third-order valence-corrected chi connectivity index (χ3v) is 1.60. The first-order chi connectivity index (χ1) is 6.57. The average Bonchev–Trinajstić information content (AvgIpc) is 2.16. The zero-order valence-electron chi connectivity index (χ0n) is 9.04. The van der Waals surface area contributed by atoms with E-state index in [-0.39, 0.29) is 37.5 Å². The Morgan fingerprint density at radius 3 is 2.36 bits per heavy atom. The van der Waals surface area contributed by atoms with Crippen molar-refractivity contribution >= 4 is 11.8 Å². The highest BCUT2D eigenvalue weighted by Crippen LogP contribution is 1.95. The Bertz CT molecular complexity index is 187. The number of Topliss-reactive ketones (excluding diaryl/α,β-unsaturated/α-hetero) is 1. The average molecular weight is 202 g/mol. The summed E-state index contributed by atoms with van der Waals surface area (Å²) in [6.07, 6.45) is 0.478. The predicted octanol–water partition coefficient (Wildman–Crippen LogP) is 1.18. The standard InChI is InChI=1S/C10H18O4/c1-4-9(11)7-13-5-6-14-10(12)8(2)3/h8H,4-7H2,1-3H3. The topological polar surface area (TPSA) is 52.6 Å². The molecule has 14 heavy (non-hydrogen) atoms. The molecule has 0 aliphatic heterocycles. The van der Waals surface area contributed by atoms with Gasteiger partial charge in [-0.25, -0.2) is 0 Å². The lowest BCUT2D eigenvalue weighted by molar-refractivity contribution is -0.149. The summed E-state index contributed by atoms with van der Waals surface area (Å²) in [4.78, 5) is 21.7. The van der Waals surface area contributed by atoms with Crippen molar-refractivity contribution in [1.29, 1.82) is 0 Å². The quantitative estimate of drug-likeness (QED) is 0.459. The van der Waals surface area contributed by atoms with E-state index in [0.717, 1.165) is 0 Å². The van der Waals surface area contributed by atoms with Crippen LogP contribution < -0.4 is 0 Å². The van der Waals surface area contributed by atoms with Gasteiger partial charge in [-0.05, 0) is 0 Å². The fourth-order valence-electron chi connectivity index (χ4n) is 0.656. The molecule has 4 heteroatoms. The van der Waals surface area contributed by atoms with Crippen molar-refractivity contribution in [2.75, 3.05) is 19.8 Å². The predicted molar refractivity (Wildman–Crippen MR) is 51.9 cm³/mol. The van der Waals surface area contributed by atoms with Gasteiger partial charge in [0.15, 0.2) is 5.78 Å². The Kier molecular flexibility index (Phi) is 7.02. The van der Waals surface area contributed by atoms with Crippen molar-refractivity contribution in [3.8, 4) is 0 Å². The van der Waals surface area contributed by atoms with Gasteiger partial charge in [-0.15, -0.1) is 0 Å². The number of esters is 1. The van der Waals surface area contributed by atoms with Crippen molar-refractivity contribution in [2.24, 2.45) is 5.92 Å². The Morgan fingerprint density at radius 1 is 1.21 bits per heavy atom. The molecule has 0 spiro atoms. The van der Waals surface area contributed by atoms with Crippen LogP contribution in [0.25, 0.3) is 0 Å². The van der Waals surface area contributed by atoms with Gasteiger partial charge in [-0.2, -0.15) is 0 Å². The molecule has 0 atom stereocenters. The van der Waals surface area contributed by atoms with E-state index in [1.54, 1.807) is 20.8 Å². The number of hydrogen-bond donors (Lipinski definition) is 0. The summed E-state index contributed by atoms with van der Waals surface area (Å²) >= 11 is 0. The second kappa shape index (κ2) is 7.50. The van der Waals surface area contributed by atoms with Crippen molar-refractivity contribution in [3.63, 3.8) is 0 Å². The molecule has 0 heterocycles. The Morgan fingerprint density at radius 2 is 1.86 bits per heavy atom. The molecular formula is C10H18O4.